The highest BCUT2D eigenvalue weighted by atomic mass is 79.9. The predicted molar refractivity (Wildman–Crippen MR) is 75.1 cm³/mol. The van der Waals surface area contributed by atoms with Crippen LogP contribution in [-0.4, -0.2) is 4.98 Å². The quantitative estimate of drug-likeness (QED) is 0.905. The Morgan fingerprint density at radius 3 is 2.56 bits per heavy atom. The maximum atomic E-state index is 12.8. The largest absolute Gasteiger partial charge is 0.363 e. The van der Waals surface area contributed by atoms with Crippen molar-refractivity contribution in [2.24, 2.45) is 0 Å². The Morgan fingerprint density at radius 2 is 1.94 bits per heavy atom. The molecule has 1 aromatic carbocycles. The van der Waals surface area contributed by atoms with E-state index in [9.17, 15) is 4.39 Å². The topological polar surface area (TPSA) is 24.9 Å². The van der Waals surface area contributed by atoms with E-state index in [1.54, 1.807) is 18.3 Å². The number of nitrogens with zero attached hydrogens (tertiary/aromatic N) is 1. The van der Waals surface area contributed by atoms with Crippen LogP contribution in [0.2, 0.25) is 0 Å². The third kappa shape index (κ3) is 3.07. The van der Waals surface area contributed by atoms with Crippen molar-refractivity contribution in [1.82, 2.24) is 4.98 Å². The van der Waals surface area contributed by atoms with Gasteiger partial charge in [0.05, 0.1) is 0 Å². The average molecular weight is 309 g/mol. The van der Waals surface area contributed by atoms with Gasteiger partial charge in [-0.15, -0.1) is 0 Å². The molecule has 0 spiro atoms. The molecule has 0 amide bonds. The molecule has 4 heteroatoms. The van der Waals surface area contributed by atoms with Gasteiger partial charge in [0.1, 0.15) is 11.6 Å². The maximum absolute atomic E-state index is 12.8. The van der Waals surface area contributed by atoms with E-state index in [4.69, 9.17) is 0 Å². The fourth-order valence-corrected chi connectivity index (χ4v) is 2.18. The van der Waals surface area contributed by atoms with Crippen molar-refractivity contribution in [2.75, 3.05) is 5.32 Å². The number of aryl methyl sites for hydroxylation is 1. The number of anilines is 1. The van der Waals surface area contributed by atoms with Gasteiger partial charge in [-0.05, 0) is 59.1 Å². The van der Waals surface area contributed by atoms with Crippen molar-refractivity contribution in [3.8, 4) is 0 Å². The molecule has 1 heterocycles. The molecular formula is C14H14BrFN2. The molecule has 1 unspecified atom stereocenters. The summed E-state index contributed by atoms with van der Waals surface area (Å²) in [4.78, 5) is 4.33. The molecule has 1 aromatic heterocycles. The van der Waals surface area contributed by atoms with E-state index >= 15 is 0 Å². The van der Waals surface area contributed by atoms with Crippen LogP contribution < -0.4 is 5.32 Å². The van der Waals surface area contributed by atoms with Crippen LogP contribution in [-0.2, 0) is 0 Å². The zero-order chi connectivity index (χ0) is 13.1. The number of benzene rings is 1. The smallest absolute Gasteiger partial charge is 0.129 e. The van der Waals surface area contributed by atoms with Crippen LogP contribution >= 0.6 is 15.9 Å². The predicted octanol–water partition coefficient (Wildman–Crippen LogP) is 4.46. The Morgan fingerprint density at radius 1 is 1.28 bits per heavy atom. The normalized spacial score (nSPS) is 12.2. The summed E-state index contributed by atoms with van der Waals surface area (Å²) in [6, 6.07) is 8.58. The third-order valence-corrected chi connectivity index (χ3v) is 3.20. The highest BCUT2D eigenvalue weighted by molar-refractivity contribution is 9.10. The Hall–Kier alpha value is -1.42. The van der Waals surface area contributed by atoms with Gasteiger partial charge < -0.3 is 5.32 Å². The molecular weight excluding hydrogens is 295 g/mol. The maximum Gasteiger partial charge on any atom is 0.129 e. The Bertz CT molecular complexity index is 540. The first kappa shape index (κ1) is 13.0. The molecule has 0 saturated heterocycles. The van der Waals surface area contributed by atoms with E-state index in [1.165, 1.54) is 12.1 Å². The Labute approximate surface area is 114 Å². The fourth-order valence-electron chi connectivity index (χ4n) is 1.73. The minimum Gasteiger partial charge on any atom is -0.363 e. The van der Waals surface area contributed by atoms with Crippen molar-refractivity contribution in [1.29, 1.82) is 0 Å². The highest BCUT2D eigenvalue weighted by Gasteiger charge is 2.08. The van der Waals surface area contributed by atoms with E-state index in [0.29, 0.717) is 0 Å². The van der Waals surface area contributed by atoms with E-state index in [1.807, 2.05) is 19.9 Å². The SMILES string of the molecule is Cc1cc(Br)cnc1NC(C)c1ccc(F)cc1. The second-order valence-electron chi connectivity index (χ2n) is 4.24. The second kappa shape index (κ2) is 5.48. The summed E-state index contributed by atoms with van der Waals surface area (Å²) in [5.74, 6) is 0.624. The minimum atomic E-state index is -0.219. The molecule has 0 aliphatic carbocycles. The molecule has 2 rings (SSSR count). The molecule has 0 saturated carbocycles. The Balaban J connectivity index is 2.15. The summed E-state index contributed by atoms with van der Waals surface area (Å²) < 4.78 is 13.8. The van der Waals surface area contributed by atoms with Crippen LogP contribution in [0.1, 0.15) is 24.1 Å². The lowest BCUT2D eigenvalue weighted by molar-refractivity contribution is 0.626. The summed E-state index contributed by atoms with van der Waals surface area (Å²) >= 11 is 3.38. The van der Waals surface area contributed by atoms with Gasteiger partial charge in [0.25, 0.3) is 0 Å². The van der Waals surface area contributed by atoms with Crippen LogP contribution in [0.4, 0.5) is 10.2 Å². The monoisotopic (exact) mass is 308 g/mol. The zero-order valence-corrected chi connectivity index (χ0v) is 11.8. The van der Waals surface area contributed by atoms with Gasteiger partial charge >= 0.3 is 0 Å². The third-order valence-electron chi connectivity index (χ3n) is 2.77. The fraction of sp³-hybridized carbons (Fsp3) is 0.214. The summed E-state index contributed by atoms with van der Waals surface area (Å²) in [7, 11) is 0. The van der Waals surface area contributed by atoms with E-state index < -0.39 is 0 Å². The molecule has 94 valence electrons. The lowest BCUT2D eigenvalue weighted by atomic mass is 10.1. The summed E-state index contributed by atoms with van der Waals surface area (Å²) in [5, 5.41) is 3.32. The first-order valence-electron chi connectivity index (χ1n) is 5.70. The minimum absolute atomic E-state index is 0.0815. The number of halogens is 2. The van der Waals surface area contributed by atoms with Crippen LogP contribution in [0, 0.1) is 12.7 Å². The van der Waals surface area contributed by atoms with Crippen LogP contribution in [0.15, 0.2) is 41.0 Å². The summed E-state index contributed by atoms with van der Waals surface area (Å²) in [6.07, 6.45) is 1.76. The van der Waals surface area contributed by atoms with Crippen molar-refractivity contribution in [3.05, 3.63) is 57.9 Å². The number of rotatable bonds is 3. The molecule has 0 fully saturated rings. The Kier molecular flexibility index (Phi) is 3.97. The number of hydrogen-bond donors (Lipinski definition) is 1. The molecule has 1 atom stereocenters. The summed E-state index contributed by atoms with van der Waals surface area (Å²) in [5.41, 5.74) is 2.10. The number of hydrogen-bond acceptors (Lipinski definition) is 2. The van der Waals surface area contributed by atoms with Crippen LogP contribution in [0.25, 0.3) is 0 Å². The highest BCUT2D eigenvalue weighted by Crippen LogP contribution is 2.22. The molecule has 0 bridgehead atoms. The number of pyridine rings is 1. The molecule has 2 aromatic rings. The van der Waals surface area contributed by atoms with Crippen molar-refractivity contribution < 1.29 is 4.39 Å². The van der Waals surface area contributed by atoms with Gasteiger partial charge in [-0.1, -0.05) is 12.1 Å². The zero-order valence-electron chi connectivity index (χ0n) is 10.2. The van der Waals surface area contributed by atoms with E-state index in [0.717, 1.165) is 21.4 Å². The van der Waals surface area contributed by atoms with Gasteiger partial charge in [-0.2, -0.15) is 0 Å². The first-order valence-corrected chi connectivity index (χ1v) is 6.49. The van der Waals surface area contributed by atoms with Crippen molar-refractivity contribution in [3.63, 3.8) is 0 Å². The van der Waals surface area contributed by atoms with Gasteiger partial charge in [0.15, 0.2) is 0 Å². The molecule has 0 aliphatic heterocycles. The number of aromatic nitrogens is 1. The second-order valence-corrected chi connectivity index (χ2v) is 5.15. The van der Waals surface area contributed by atoms with Gasteiger partial charge in [-0.25, -0.2) is 9.37 Å². The van der Waals surface area contributed by atoms with E-state index in [2.05, 4.69) is 26.2 Å². The lowest BCUT2D eigenvalue weighted by Crippen LogP contribution is -2.09. The molecule has 0 aliphatic rings. The van der Waals surface area contributed by atoms with Crippen molar-refractivity contribution >= 4 is 21.7 Å². The van der Waals surface area contributed by atoms with Crippen LogP contribution in [0.3, 0.4) is 0 Å². The first-order chi connectivity index (χ1) is 8.56. The molecule has 2 nitrogen and oxygen atoms in total. The van der Waals surface area contributed by atoms with E-state index in [-0.39, 0.29) is 11.9 Å². The lowest BCUT2D eigenvalue weighted by Gasteiger charge is -2.16. The molecule has 0 radical (unpaired) electrons. The van der Waals surface area contributed by atoms with Gasteiger partial charge in [-0.3, -0.25) is 0 Å². The van der Waals surface area contributed by atoms with Gasteiger partial charge in [0.2, 0.25) is 0 Å². The van der Waals surface area contributed by atoms with Crippen LogP contribution in [0.5, 0.6) is 0 Å². The molecule has 1 N–H and O–H groups in total. The van der Waals surface area contributed by atoms with Crippen molar-refractivity contribution in [2.45, 2.75) is 19.9 Å². The number of nitrogens with one attached hydrogen (secondary N) is 1. The van der Waals surface area contributed by atoms with Gasteiger partial charge in [0, 0.05) is 16.7 Å². The molecule has 18 heavy (non-hydrogen) atoms. The standard InChI is InChI=1S/C14H14BrFN2/c1-9-7-12(15)8-17-14(9)18-10(2)11-3-5-13(16)6-4-11/h3-8,10H,1-2H3,(H,17,18). The average Bonchev–Trinajstić information content (AvgIpc) is 2.33. The summed E-state index contributed by atoms with van der Waals surface area (Å²) in [6.45, 7) is 4.02.